The average molecular weight is 355 g/mol. The highest BCUT2D eigenvalue weighted by molar-refractivity contribution is 5.80. The molecule has 3 aliphatic rings. The van der Waals surface area contributed by atoms with Crippen LogP contribution in [0.15, 0.2) is 24.3 Å². The van der Waals surface area contributed by atoms with Crippen molar-refractivity contribution in [1.82, 2.24) is 10.2 Å². The monoisotopic (exact) mass is 354 g/mol. The van der Waals surface area contributed by atoms with Crippen molar-refractivity contribution in [1.29, 1.82) is 0 Å². The minimum Gasteiger partial charge on any atom is -0.332 e. The SMILES string of the molecule is O=C(CNCC1CCCCC1)N1CCc2ccccc2C12CCCCC2. The Hall–Kier alpha value is -1.35. The van der Waals surface area contributed by atoms with E-state index in [-0.39, 0.29) is 5.54 Å². The third kappa shape index (κ3) is 3.55. The van der Waals surface area contributed by atoms with Crippen LogP contribution in [0, 0.1) is 5.92 Å². The van der Waals surface area contributed by atoms with Crippen LogP contribution in [-0.2, 0) is 16.8 Å². The van der Waals surface area contributed by atoms with Gasteiger partial charge in [-0.2, -0.15) is 0 Å². The van der Waals surface area contributed by atoms with Gasteiger partial charge in [-0.25, -0.2) is 0 Å². The number of carbonyl (C=O) groups excluding carboxylic acids is 1. The van der Waals surface area contributed by atoms with Crippen molar-refractivity contribution in [3.05, 3.63) is 35.4 Å². The zero-order valence-electron chi connectivity index (χ0n) is 16.1. The number of benzene rings is 1. The van der Waals surface area contributed by atoms with Crippen LogP contribution in [0.3, 0.4) is 0 Å². The third-order valence-electron chi connectivity index (χ3n) is 7.06. The topological polar surface area (TPSA) is 32.3 Å². The second-order valence-electron chi connectivity index (χ2n) is 8.68. The largest absolute Gasteiger partial charge is 0.332 e. The molecule has 0 radical (unpaired) electrons. The van der Waals surface area contributed by atoms with Crippen molar-refractivity contribution < 1.29 is 4.79 Å². The van der Waals surface area contributed by atoms with E-state index < -0.39 is 0 Å². The van der Waals surface area contributed by atoms with E-state index in [4.69, 9.17) is 0 Å². The van der Waals surface area contributed by atoms with E-state index in [1.165, 1.54) is 62.5 Å². The molecule has 1 aromatic rings. The van der Waals surface area contributed by atoms with E-state index in [9.17, 15) is 4.79 Å². The summed E-state index contributed by atoms with van der Waals surface area (Å²) < 4.78 is 0. The quantitative estimate of drug-likeness (QED) is 0.869. The summed E-state index contributed by atoms with van der Waals surface area (Å²) >= 11 is 0. The lowest BCUT2D eigenvalue weighted by Crippen LogP contribution is -2.56. The molecule has 1 aromatic carbocycles. The highest BCUT2D eigenvalue weighted by atomic mass is 16.2. The highest BCUT2D eigenvalue weighted by Gasteiger charge is 2.45. The second kappa shape index (κ2) is 8.12. The Balaban J connectivity index is 1.45. The first kappa shape index (κ1) is 18.0. The first-order valence-corrected chi connectivity index (χ1v) is 10.9. The molecule has 2 saturated carbocycles. The van der Waals surface area contributed by atoms with E-state index in [0.717, 1.165) is 38.3 Å². The van der Waals surface area contributed by atoms with Gasteiger partial charge in [0.25, 0.3) is 0 Å². The minimum absolute atomic E-state index is 0.0311. The fourth-order valence-electron chi connectivity index (χ4n) is 5.69. The molecule has 0 atom stereocenters. The number of amides is 1. The molecule has 1 aliphatic heterocycles. The summed E-state index contributed by atoms with van der Waals surface area (Å²) in [4.78, 5) is 15.4. The molecule has 26 heavy (non-hydrogen) atoms. The fourth-order valence-corrected chi connectivity index (χ4v) is 5.69. The molecule has 1 heterocycles. The first-order valence-electron chi connectivity index (χ1n) is 10.9. The van der Waals surface area contributed by atoms with Crippen LogP contribution in [0.5, 0.6) is 0 Å². The van der Waals surface area contributed by atoms with Crippen LogP contribution in [0.1, 0.15) is 75.3 Å². The molecule has 0 unspecified atom stereocenters. The zero-order chi connectivity index (χ0) is 17.8. The number of hydrogen-bond donors (Lipinski definition) is 1. The summed E-state index contributed by atoms with van der Waals surface area (Å²) in [6, 6.07) is 8.87. The van der Waals surface area contributed by atoms with Crippen molar-refractivity contribution in [3.63, 3.8) is 0 Å². The van der Waals surface area contributed by atoms with Gasteiger partial charge in [-0.15, -0.1) is 0 Å². The van der Waals surface area contributed by atoms with Gasteiger partial charge < -0.3 is 10.2 Å². The van der Waals surface area contributed by atoms with Crippen LogP contribution in [-0.4, -0.2) is 30.4 Å². The minimum atomic E-state index is -0.0311. The Morgan fingerprint density at radius 1 is 1.04 bits per heavy atom. The lowest BCUT2D eigenvalue weighted by molar-refractivity contribution is -0.139. The van der Waals surface area contributed by atoms with E-state index in [2.05, 4.69) is 34.5 Å². The van der Waals surface area contributed by atoms with Gasteiger partial charge >= 0.3 is 0 Å². The summed E-state index contributed by atoms with van der Waals surface area (Å²) in [5, 5.41) is 3.51. The molecule has 1 spiro atoms. The normalized spacial score (nSPS) is 23.0. The molecule has 3 heteroatoms. The molecular formula is C23H34N2O. The predicted molar refractivity (Wildman–Crippen MR) is 106 cm³/mol. The number of fused-ring (bicyclic) bond motifs is 2. The van der Waals surface area contributed by atoms with Gasteiger partial charge in [-0.1, -0.05) is 62.8 Å². The summed E-state index contributed by atoms with van der Waals surface area (Å²) in [6.07, 6.45) is 13.9. The van der Waals surface area contributed by atoms with E-state index >= 15 is 0 Å². The maximum Gasteiger partial charge on any atom is 0.237 e. The van der Waals surface area contributed by atoms with Gasteiger partial charge in [0.05, 0.1) is 12.1 Å². The maximum absolute atomic E-state index is 13.2. The summed E-state index contributed by atoms with van der Waals surface area (Å²) in [6.45, 7) is 2.42. The second-order valence-corrected chi connectivity index (χ2v) is 8.68. The Kier molecular flexibility index (Phi) is 5.63. The van der Waals surface area contributed by atoms with E-state index in [1.807, 2.05) is 0 Å². The molecule has 1 N–H and O–H groups in total. The zero-order valence-corrected chi connectivity index (χ0v) is 16.1. The van der Waals surface area contributed by atoms with Crippen molar-refractivity contribution in [3.8, 4) is 0 Å². The fraction of sp³-hybridized carbons (Fsp3) is 0.696. The summed E-state index contributed by atoms with van der Waals surface area (Å²) in [7, 11) is 0. The Labute approximate surface area is 158 Å². The molecule has 2 fully saturated rings. The van der Waals surface area contributed by atoms with Crippen molar-refractivity contribution in [2.45, 2.75) is 76.2 Å². The van der Waals surface area contributed by atoms with Crippen molar-refractivity contribution in [2.75, 3.05) is 19.6 Å². The number of carbonyl (C=O) groups is 1. The van der Waals surface area contributed by atoms with Gasteiger partial charge in [0, 0.05) is 6.54 Å². The van der Waals surface area contributed by atoms with Gasteiger partial charge in [0.2, 0.25) is 5.91 Å². The Bertz CT molecular complexity index is 614. The van der Waals surface area contributed by atoms with Crippen LogP contribution in [0.25, 0.3) is 0 Å². The van der Waals surface area contributed by atoms with Crippen LogP contribution in [0.2, 0.25) is 0 Å². The van der Waals surface area contributed by atoms with Crippen LogP contribution in [0.4, 0.5) is 0 Å². The lowest BCUT2D eigenvalue weighted by atomic mass is 9.71. The van der Waals surface area contributed by atoms with Gasteiger partial charge in [0.1, 0.15) is 0 Å². The Morgan fingerprint density at radius 3 is 2.58 bits per heavy atom. The first-order chi connectivity index (χ1) is 12.8. The highest BCUT2D eigenvalue weighted by Crippen LogP contribution is 2.46. The molecule has 1 amide bonds. The van der Waals surface area contributed by atoms with Crippen LogP contribution >= 0.6 is 0 Å². The number of hydrogen-bond acceptors (Lipinski definition) is 2. The lowest BCUT2D eigenvalue weighted by Gasteiger charge is -2.50. The van der Waals surface area contributed by atoms with Gasteiger partial charge in [0.15, 0.2) is 0 Å². The predicted octanol–water partition coefficient (Wildman–Crippen LogP) is 4.40. The van der Waals surface area contributed by atoms with E-state index in [1.54, 1.807) is 0 Å². The summed E-state index contributed by atoms with van der Waals surface area (Å²) in [5.74, 6) is 1.10. The van der Waals surface area contributed by atoms with Crippen LogP contribution < -0.4 is 5.32 Å². The number of nitrogens with one attached hydrogen (secondary N) is 1. The Morgan fingerprint density at radius 2 is 1.77 bits per heavy atom. The standard InChI is InChI=1S/C23H34N2O/c26-22(18-24-17-19-9-3-1-4-10-19)25-16-13-20-11-5-6-12-21(20)23(25)14-7-2-8-15-23/h5-6,11-12,19,24H,1-4,7-10,13-18H2. The van der Waals surface area contributed by atoms with E-state index in [0.29, 0.717) is 12.5 Å². The van der Waals surface area contributed by atoms with Crippen molar-refractivity contribution >= 4 is 5.91 Å². The molecule has 2 aliphatic carbocycles. The number of rotatable bonds is 4. The molecule has 0 aromatic heterocycles. The third-order valence-corrected chi connectivity index (χ3v) is 7.06. The molecule has 0 saturated heterocycles. The van der Waals surface area contributed by atoms with Gasteiger partial charge in [-0.05, 0) is 55.7 Å². The maximum atomic E-state index is 13.2. The smallest absolute Gasteiger partial charge is 0.237 e. The number of nitrogens with zero attached hydrogens (tertiary/aromatic N) is 1. The molecule has 142 valence electrons. The average Bonchev–Trinajstić information content (AvgIpc) is 2.70. The molecule has 4 rings (SSSR count). The van der Waals surface area contributed by atoms with Crippen molar-refractivity contribution in [2.24, 2.45) is 5.92 Å². The summed E-state index contributed by atoms with van der Waals surface area (Å²) in [5.41, 5.74) is 2.87. The van der Waals surface area contributed by atoms with Gasteiger partial charge in [-0.3, -0.25) is 4.79 Å². The molecule has 0 bridgehead atoms. The molecular weight excluding hydrogens is 320 g/mol. The molecule has 3 nitrogen and oxygen atoms in total.